The van der Waals surface area contributed by atoms with Crippen molar-refractivity contribution in [3.8, 4) is 0 Å². The number of urea groups is 1. The molecule has 0 unspecified atom stereocenters. The highest BCUT2D eigenvalue weighted by Gasteiger charge is 2.09. The van der Waals surface area contributed by atoms with Gasteiger partial charge in [-0.2, -0.15) is 0 Å². The van der Waals surface area contributed by atoms with E-state index >= 15 is 0 Å². The summed E-state index contributed by atoms with van der Waals surface area (Å²) in [5.74, 6) is -1.01. The molecule has 0 saturated heterocycles. The van der Waals surface area contributed by atoms with Gasteiger partial charge in [0.2, 0.25) is 0 Å². The molecule has 0 atom stereocenters. The summed E-state index contributed by atoms with van der Waals surface area (Å²) in [6.45, 7) is 4.73. The highest BCUT2D eigenvalue weighted by molar-refractivity contribution is 5.94. The quantitative estimate of drug-likeness (QED) is 0.704. The summed E-state index contributed by atoms with van der Waals surface area (Å²) in [5.41, 5.74) is 3.02. The zero-order valence-corrected chi connectivity index (χ0v) is 14.4. The lowest BCUT2D eigenvalue weighted by atomic mass is 10.1. The third kappa shape index (κ3) is 5.60. The molecule has 3 amide bonds. The average molecular weight is 343 g/mol. The van der Waals surface area contributed by atoms with Crippen LogP contribution in [0.4, 0.5) is 14.9 Å². The Morgan fingerprint density at radius 3 is 2.40 bits per heavy atom. The lowest BCUT2D eigenvalue weighted by Crippen LogP contribution is -2.32. The molecule has 0 bridgehead atoms. The largest absolute Gasteiger partial charge is 0.352 e. The maximum Gasteiger partial charge on any atom is 0.319 e. The second-order valence-electron chi connectivity index (χ2n) is 5.77. The molecule has 25 heavy (non-hydrogen) atoms. The van der Waals surface area contributed by atoms with E-state index in [0.29, 0.717) is 19.5 Å². The van der Waals surface area contributed by atoms with Gasteiger partial charge in [0.1, 0.15) is 5.82 Å². The number of amides is 3. The Labute approximate surface area is 146 Å². The molecule has 0 heterocycles. The average Bonchev–Trinajstić information content (AvgIpc) is 2.58. The fourth-order valence-corrected chi connectivity index (χ4v) is 2.23. The van der Waals surface area contributed by atoms with Crippen LogP contribution in [0.15, 0.2) is 42.5 Å². The Kier molecular flexibility index (Phi) is 6.51. The monoisotopic (exact) mass is 343 g/mol. The SMILES string of the molecule is Cc1ccc(NC(=O)NCCCNC(=O)c2ccccc2F)cc1C. The molecule has 2 aromatic carbocycles. The van der Waals surface area contributed by atoms with Crippen LogP contribution < -0.4 is 16.0 Å². The van der Waals surface area contributed by atoms with Crippen molar-refractivity contribution in [2.24, 2.45) is 0 Å². The first-order valence-electron chi connectivity index (χ1n) is 8.12. The number of carbonyl (C=O) groups excluding carboxylic acids is 2. The standard InChI is InChI=1S/C19H22FN3O2/c1-13-8-9-15(12-14(13)2)23-19(25)22-11-5-10-21-18(24)16-6-3-4-7-17(16)20/h3-4,6-9,12H,5,10-11H2,1-2H3,(H,21,24)(H2,22,23,25). The van der Waals surface area contributed by atoms with Crippen LogP contribution in [0.5, 0.6) is 0 Å². The zero-order valence-electron chi connectivity index (χ0n) is 14.4. The van der Waals surface area contributed by atoms with E-state index in [0.717, 1.165) is 16.8 Å². The topological polar surface area (TPSA) is 70.2 Å². The van der Waals surface area contributed by atoms with Gasteiger partial charge < -0.3 is 16.0 Å². The molecule has 0 spiro atoms. The summed E-state index contributed by atoms with van der Waals surface area (Å²) < 4.78 is 13.5. The van der Waals surface area contributed by atoms with Crippen molar-refractivity contribution < 1.29 is 14.0 Å². The zero-order chi connectivity index (χ0) is 18.2. The summed E-state index contributed by atoms with van der Waals surface area (Å²) >= 11 is 0. The lowest BCUT2D eigenvalue weighted by molar-refractivity contribution is 0.0949. The van der Waals surface area contributed by atoms with E-state index in [1.807, 2.05) is 32.0 Å². The van der Waals surface area contributed by atoms with Crippen LogP contribution >= 0.6 is 0 Å². The van der Waals surface area contributed by atoms with Gasteiger partial charge in [-0.15, -0.1) is 0 Å². The van der Waals surface area contributed by atoms with Crippen LogP contribution in [-0.4, -0.2) is 25.0 Å². The number of aryl methyl sites for hydroxylation is 2. The van der Waals surface area contributed by atoms with E-state index in [2.05, 4.69) is 16.0 Å². The van der Waals surface area contributed by atoms with Crippen LogP contribution in [-0.2, 0) is 0 Å². The molecule has 0 aliphatic heterocycles. The predicted molar refractivity (Wildman–Crippen MR) is 96.3 cm³/mol. The summed E-state index contributed by atoms with van der Waals surface area (Å²) in [5, 5.41) is 8.10. The fourth-order valence-electron chi connectivity index (χ4n) is 2.23. The number of anilines is 1. The third-order valence-electron chi connectivity index (χ3n) is 3.81. The minimum absolute atomic E-state index is 0.0166. The predicted octanol–water partition coefficient (Wildman–Crippen LogP) is 3.38. The molecule has 0 aliphatic rings. The van der Waals surface area contributed by atoms with Gasteiger partial charge in [0.05, 0.1) is 5.56 Å². The van der Waals surface area contributed by atoms with Gasteiger partial charge in [-0.3, -0.25) is 4.79 Å². The lowest BCUT2D eigenvalue weighted by Gasteiger charge is -2.10. The van der Waals surface area contributed by atoms with Crippen molar-refractivity contribution in [2.45, 2.75) is 20.3 Å². The number of benzene rings is 2. The summed E-state index contributed by atoms with van der Waals surface area (Å²) in [4.78, 5) is 23.6. The summed E-state index contributed by atoms with van der Waals surface area (Å²) in [7, 11) is 0. The van der Waals surface area contributed by atoms with Crippen molar-refractivity contribution in [2.75, 3.05) is 18.4 Å². The van der Waals surface area contributed by atoms with Gasteiger partial charge in [0.15, 0.2) is 0 Å². The van der Waals surface area contributed by atoms with Crippen molar-refractivity contribution in [1.29, 1.82) is 0 Å². The fraction of sp³-hybridized carbons (Fsp3) is 0.263. The van der Waals surface area contributed by atoms with Crippen LogP contribution in [0.3, 0.4) is 0 Å². The molecule has 2 aromatic rings. The first-order chi connectivity index (χ1) is 12.0. The second-order valence-corrected chi connectivity index (χ2v) is 5.77. The van der Waals surface area contributed by atoms with Crippen molar-refractivity contribution in [1.82, 2.24) is 10.6 Å². The van der Waals surface area contributed by atoms with Crippen LogP contribution in [0.25, 0.3) is 0 Å². The molecule has 0 saturated carbocycles. The molecule has 0 fully saturated rings. The normalized spacial score (nSPS) is 10.2. The van der Waals surface area contributed by atoms with Gasteiger partial charge in [-0.1, -0.05) is 18.2 Å². The molecule has 5 nitrogen and oxygen atoms in total. The first-order valence-corrected chi connectivity index (χ1v) is 8.12. The maximum atomic E-state index is 13.5. The van der Waals surface area contributed by atoms with E-state index in [-0.39, 0.29) is 11.6 Å². The Morgan fingerprint density at radius 1 is 0.960 bits per heavy atom. The molecular weight excluding hydrogens is 321 g/mol. The molecule has 3 N–H and O–H groups in total. The maximum absolute atomic E-state index is 13.5. The summed E-state index contributed by atoms with van der Waals surface area (Å²) in [6.07, 6.45) is 0.542. The number of rotatable bonds is 6. The van der Waals surface area contributed by atoms with Crippen molar-refractivity contribution in [3.63, 3.8) is 0 Å². The molecule has 0 aliphatic carbocycles. The molecule has 6 heteroatoms. The molecule has 2 rings (SSSR count). The van der Waals surface area contributed by atoms with Gasteiger partial charge in [0.25, 0.3) is 5.91 Å². The molecule has 0 radical (unpaired) electrons. The Hall–Kier alpha value is -2.89. The first kappa shape index (κ1) is 18.4. The van der Waals surface area contributed by atoms with E-state index in [1.165, 1.54) is 18.2 Å². The number of hydrogen-bond donors (Lipinski definition) is 3. The smallest absolute Gasteiger partial charge is 0.319 e. The number of nitrogens with one attached hydrogen (secondary N) is 3. The van der Waals surface area contributed by atoms with Gasteiger partial charge in [0, 0.05) is 18.8 Å². The van der Waals surface area contributed by atoms with Gasteiger partial charge >= 0.3 is 6.03 Å². The Bertz CT molecular complexity index is 762. The van der Waals surface area contributed by atoms with Gasteiger partial charge in [-0.05, 0) is 55.7 Å². The molecule has 0 aromatic heterocycles. The number of hydrogen-bond acceptors (Lipinski definition) is 2. The summed E-state index contributed by atoms with van der Waals surface area (Å²) in [6, 6.07) is 11.2. The molecule has 132 valence electrons. The van der Waals surface area contributed by atoms with Crippen LogP contribution in [0.2, 0.25) is 0 Å². The number of halogens is 1. The number of carbonyl (C=O) groups is 2. The van der Waals surface area contributed by atoms with E-state index in [1.54, 1.807) is 6.07 Å². The third-order valence-corrected chi connectivity index (χ3v) is 3.81. The van der Waals surface area contributed by atoms with Gasteiger partial charge in [-0.25, -0.2) is 9.18 Å². The Balaban J connectivity index is 1.67. The highest BCUT2D eigenvalue weighted by Crippen LogP contribution is 2.13. The van der Waals surface area contributed by atoms with E-state index in [4.69, 9.17) is 0 Å². The van der Waals surface area contributed by atoms with E-state index < -0.39 is 11.7 Å². The van der Waals surface area contributed by atoms with Crippen LogP contribution in [0, 0.1) is 19.7 Å². The minimum Gasteiger partial charge on any atom is -0.352 e. The highest BCUT2D eigenvalue weighted by atomic mass is 19.1. The van der Waals surface area contributed by atoms with Crippen LogP contribution in [0.1, 0.15) is 27.9 Å². The van der Waals surface area contributed by atoms with Crippen molar-refractivity contribution >= 4 is 17.6 Å². The Morgan fingerprint density at radius 2 is 1.68 bits per heavy atom. The van der Waals surface area contributed by atoms with E-state index in [9.17, 15) is 14.0 Å². The molecular formula is C19H22FN3O2. The second kappa shape index (κ2) is 8.82. The minimum atomic E-state index is -0.550. The van der Waals surface area contributed by atoms with Crippen molar-refractivity contribution in [3.05, 3.63) is 65.0 Å².